The van der Waals surface area contributed by atoms with Crippen LogP contribution < -0.4 is 10.6 Å². The van der Waals surface area contributed by atoms with E-state index in [1.54, 1.807) is 6.08 Å². The molecular weight excluding hydrogens is 496 g/mol. The summed E-state index contributed by atoms with van der Waals surface area (Å²) >= 11 is 0. The van der Waals surface area contributed by atoms with Crippen LogP contribution >= 0.6 is 0 Å². The molecule has 2 atom stereocenters. The number of aliphatic imine (C=N–C) groups is 1. The SMILES string of the molecule is CC1Cc2cc(C(C=NC(F)F)=CN)ccc2C(c2ccc(/C=C/C(=O)O)cc2)N1c1ccc(C2CC2)cc1. The first-order valence-corrected chi connectivity index (χ1v) is 13.1. The molecule has 1 saturated carbocycles. The molecule has 3 N–H and O–H groups in total. The summed E-state index contributed by atoms with van der Waals surface area (Å²) < 4.78 is 25.4. The number of allylic oxidation sites excluding steroid dienone is 1. The third-order valence-corrected chi connectivity index (χ3v) is 7.46. The number of hydrogen-bond donors (Lipinski definition) is 2. The van der Waals surface area contributed by atoms with Crippen LogP contribution in [0, 0.1) is 0 Å². The zero-order chi connectivity index (χ0) is 27.5. The Morgan fingerprint density at radius 2 is 1.74 bits per heavy atom. The van der Waals surface area contributed by atoms with Crippen LogP contribution in [0.25, 0.3) is 11.6 Å². The zero-order valence-electron chi connectivity index (χ0n) is 21.7. The van der Waals surface area contributed by atoms with Crippen LogP contribution in [-0.2, 0) is 11.2 Å². The zero-order valence-corrected chi connectivity index (χ0v) is 21.7. The molecule has 0 radical (unpaired) electrons. The minimum atomic E-state index is -2.80. The van der Waals surface area contributed by atoms with Gasteiger partial charge in [-0.15, -0.1) is 0 Å². The van der Waals surface area contributed by atoms with Crippen molar-refractivity contribution in [3.8, 4) is 0 Å². The summed E-state index contributed by atoms with van der Waals surface area (Å²) in [6.45, 7) is -0.602. The molecular formula is C32H31F2N3O2. The van der Waals surface area contributed by atoms with Crippen molar-refractivity contribution in [2.45, 2.75) is 50.7 Å². The van der Waals surface area contributed by atoms with E-state index in [4.69, 9.17) is 10.8 Å². The maximum absolute atomic E-state index is 12.7. The molecule has 39 heavy (non-hydrogen) atoms. The highest BCUT2D eigenvalue weighted by Crippen LogP contribution is 2.44. The van der Waals surface area contributed by atoms with E-state index in [1.807, 2.05) is 42.5 Å². The first-order chi connectivity index (χ1) is 18.8. The molecule has 3 aromatic carbocycles. The van der Waals surface area contributed by atoms with Gasteiger partial charge in [-0.1, -0.05) is 54.6 Å². The molecule has 5 nitrogen and oxygen atoms in total. The molecule has 0 saturated heterocycles. The second-order valence-electron chi connectivity index (χ2n) is 10.2. The number of nitrogens with two attached hydrogens (primary N) is 1. The van der Waals surface area contributed by atoms with Crippen molar-refractivity contribution in [2.24, 2.45) is 10.7 Å². The van der Waals surface area contributed by atoms with Crippen LogP contribution in [-0.4, -0.2) is 29.9 Å². The average molecular weight is 528 g/mol. The highest BCUT2D eigenvalue weighted by Gasteiger charge is 2.34. The topological polar surface area (TPSA) is 78.9 Å². The summed E-state index contributed by atoms with van der Waals surface area (Å²) in [5, 5.41) is 8.98. The Balaban J connectivity index is 1.56. The largest absolute Gasteiger partial charge is 0.478 e. The third-order valence-electron chi connectivity index (χ3n) is 7.46. The Labute approximate surface area is 227 Å². The van der Waals surface area contributed by atoms with Gasteiger partial charge in [0.25, 0.3) is 0 Å². The number of hydrogen-bond acceptors (Lipinski definition) is 4. The standard InChI is InChI=1S/C32H31F2N3O2/c1-20-16-26-17-25(27(18-35)19-36-32(33)34)11-14-29(26)31(24-5-2-21(3-6-24)4-15-30(38)39)37(20)28-12-9-23(10-13-28)22-7-8-22/h2-6,9-15,17-20,22,31-32H,7-8,16,35H2,1H3,(H,38,39)/b15-4+,27-18?,36-19?. The van der Waals surface area contributed by atoms with E-state index < -0.39 is 12.5 Å². The first kappa shape index (κ1) is 26.4. The fourth-order valence-corrected chi connectivity index (χ4v) is 5.44. The van der Waals surface area contributed by atoms with Crippen molar-refractivity contribution < 1.29 is 18.7 Å². The lowest BCUT2D eigenvalue weighted by Gasteiger charge is -2.44. The molecule has 1 aliphatic heterocycles. The number of benzene rings is 3. The van der Waals surface area contributed by atoms with Crippen molar-refractivity contribution in [1.29, 1.82) is 0 Å². The number of alkyl halides is 2. The number of fused-ring (bicyclic) bond motifs is 1. The fourth-order valence-electron chi connectivity index (χ4n) is 5.44. The lowest BCUT2D eigenvalue weighted by atomic mass is 9.83. The summed E-state index contributed by atoms with van der Waals surface area (Å²) in [7, 11) is 0. The first-order valence-electron chi connectivity index (χ1n) is 13.1. The molecule has 1 aliphatic carbocycles. The van der Waals surface area contributed by atoms with Gasteiger partial charge in [0.15, 0.2) is 0 Å². The van der Waals surface area contributed by atoms with Crippen molar-refractivity contribution in [2.75, 3.05) is 4.90 Å². The lowest BCUT2D eigenvalue weighted by molar-refractivity contribution is -0.131. The van der Waals surface area contributed by atoms with Crippen LogP contribution in [0.1, 0.15) is 65.1 Å². The van der Waals surface area contributed by atoms with Crippen LogP contribution in [0.3, 0.4) is 0 Å². The van der Waals surface area contributed by atoms with Gasteiger partial charge in [-0.05, 0) is 83.7 Å². The molecule has 7 heteroatoms. The molecule has 200 valence electrons. The normalized spacial score (nSPS) is 19.7. The van der Waals surface area contributed by atoms with Crippen LogP contribution in [0.4, 0.5) is 14.5 Å². The van der Waals surface area contributed by atoms with Gasteiger partial charge in [0, 0.05) is 35.8 Å². The number of rotatable bonds is 8. The van der Waals surface area contributed by atoms with Crippen molar-refractivity contribution in [1.82, 2.24) is 0 Å². The van der Waals surface area contributed by atoms with E-state index in [2.05, 4.69) is 41.1 Å². The Morgan fingerprint density at radius 1 is 1.05 bits per heavy atom. The highest BCUT2D eigenvalue weighted by atomic mass is 19.3. The number of aliphatic carboxylic acids is 1. The minimum absolute atomic E-state index is 0.0953. The Hall–Kier alpha value is -4.26. The quantitative estimate of drug-likeness (QED) is 0.192. The molecule has 2 aliphatic rings. The molecule has 0 bridgehead atoms. The monoisotopic (exact) mass is 527 g/mol. The van der Waals surface area contributed by atoms with E-state index in [-0.39, 0.29) is 12.1 Å². The van der Waals surface area contributed by atoms with Gasteiger partial charge >= 0.3 is 12.5 Å². The van der Waals surface area contributed by atoms with Crippen LogP contribution in [0.15, 0.2) is 84.0 Å². The van der Waals surface area contributed by atoms with Gasteiger partial charge < -0.3 is 15.7 Å². The van der Waals surface area contributed by atoms with Crippen LogP contribution in [0.2, 0.25) is 0 Å². The summed E-state index contributed by atoms with van der Waals surface area (Å²) in [5.41, 5.74) is 13.6. The number of halogens is 2. The maximum atomic E-state index is 12.7. The Kier molecular flexibility index (Phi) is 7.59. The number of carbonyl (C=O) groups is 1. The number of carboxylic acid groups (broad SMARTS) is 1. The van der Waals surface area contributed by atoms with E-state index in [9.17, 15) is 13.6 Å². The van der Waals surface area contributed by atoms with E-state index in [0.29, 0.717) is 11.5 Å². The molecule has 0 amide bonds. The summed E-state index contributed by atoms with van der Waals surface area (Å²) in [5.74, 6) is -0.312. The Morgan fingerprint density at radius 3 is 2.36 bits per heavy atom. The smallest absolute Gasteiger partial charge is 0.331 e. The van der Waals surface area contributed by atoms with Crippen molar-refractivity contribution >= 4 is 29.5 Å². The Bertz CT molecular complexity index is 1420. The lowest BCUT2D eigenvalue weighted by Crippen LogP contribution is -2.43. The van der Waals surface area contributed by atoms with Gasteiger partial charge in [-0.2, -0.15) is 8.78 Å². The molecule has 3 aromatic rings. The maximum Gasteiger partial charge on any atom is 0.331 e. The molecule has 1 fully saturated rings. The van der Waals surface area contributed by atoms with E-state index >= 15 is 0 Å². The second-order valence-corrected chi connectivity index (χ2v) is 10.2. The molecule has 0 spiro atoms. The highest BCUT2D eigenvalue weighted by molar-refractivity contribution is 6.09. The summed E-state index contributed by atoms with van der Waals surface area (Å²) in [4.78, 5) is 16.6. The van der Waals surface area contributed by atoms with E-state index in [1.165, 1.54) is 24.6 Å². The second kappa shape index (κ2) is 11.2. The number of carboxylic acids is 1. The van der Waals surface area contributed by atoms with Crippen molar-refractivity contribution in [3.05, 3.63) is 112 Å². The summed E-state index contributed by atoms with van der Waals surface area (Å²) in [6.07, 6.45) is 8.40. The van der Waals surface area contributed by atoms with Gasteiger partial charge in [-0.3, -0.25) is 0 Å². The molecule has 1 heterocycles. The summed E-state index contributed by atoms with van der Waals surface area (Å²) in [6, 6.07) is 22.8. The molecule has 0 aromatic heterocycles. The van der Waals surface area contributed by atoms with E-state index in [0.717, 1.165) is 52.2 Å². The number of anilines is 1. The fraction of sp³-hybridized carbons (Fsp3) is 0.250. The van der Waals surface area contributed by atoms with Gasteiger partial charge in [0.2, 0.25) is 0 Å². The molecule has 2 unspecified atom stereocenters. The van der Waals surface area contributed by atoms with Gasteiger partial charge in [-0.25, -0.2) is 9.79 Å². The van der Waals surface area contributed by atoms with Gasteiger partial charge in [0.1, 0.15) is 0 Å². The predicted molar refractivity (Wildman–Crippen MR) is 152 cm³/mol. The van der Waals surface area contributed by atoms with Crippen LogP contribution in [0.5, 0.6) is 0 Å². The van der Waals surface area contributed by atoms with Gasteiger partial charge in [0.05, 0.1) is 6.04 Å². The number of nitrogens with zero attached hydrogens (tertiary/aromatic N) is 2. The van der Waals surface area contributed by atoms with Crippen molar-refractivity contribution in [3.63, 3.8) is 0 Å². The third kappa shape index (κ3) is 5.93. The molecule has 5 rings (SSSR count). The minimum Gasteiger partial charge on any atom is -0.478 e. The average Bonchev–Trinajstić information content (AvgIpc) is 3.77. The predicted octanol–water partition coefficient (Wildman–Crippen LogP) is 6.80.